The van der Waals surface area contributed by atoms with E-state index in [-0.39, 0.29) is 21.1 Å². The Morgan fingerprint density at radius 3 is 2.06 bits per heavy atom. The minimum Gasteiger partial charge on any atom is -0.509 e. The summed E-state index contributed by atoms with van der Waals surface area (Å²) >= 11 is 0. The summed E-state index contributed by atoms with van der Waals surface area (Å²) in [5.41, 5.74) is 12.0. The largest absolute Gasteiger partial charge is 2.00 e. The van der Waals surface area contributed by atoms with Crippen molar-refractivity contribution in [1.29, 1.82) is 0 Å². The molecule has 54 heavy (non-hydrogen) atoms. The second-order valence-electron chi connectivity index (χ2n) is 13.7. The molecular weight excluding hydrogens is 844 g/mol. The minimum absolute atomic E-state index is 0. The normalized spacial score (nSPS) is 11.3. The summed E-state index contributed by atoms with van der Waals surface area (Å²) in [6.07, 6.45) is 5.90. The third kappa shape index (κ3) is 6.57. The number of hydrogen-bond donors (Lipinski definition) is 0. The van der Waals surface area contributed by atoms with E-state index in [0.29, 0.717) is 17.4 Å². The first-order valence-corrected chi connectivity index (χ1v) is 17.9. The monoisotopic (exact) mass is 879 g/mol. The first-order valence-electron chi connectivity index (χ1n) is 17.9. The van der Waals surface area contributed by atoms with Crippen molar-refractivity contribution in [3.05, 3.63) is 181 Å². The van der Waals surface area contributed by atoms with E-state index in [4.69, 9.17) is 14.8 Å². The molecule has 0 atom stereocenters. The fourth-order valence-corrected chi connectivity index (χ4v) is 7.21. The SMILES string of the molecule is Cc1cc(-c2ccccc2)c(-c2cnn(-c3[c-]c(Oc4[c-]c5c(cc4)c4ccccc4n5-c4cc(C(C)C)ccn4)ccc3)c2)c(-c2ccccc2)c1.[Pt+2]. The van der Waals surface area contributed by atoms with Crippen molar-refractivity contribution in [3.8, 4) is 56.4 Å². The maximum atomic E-state index is 6.47. The predicted molar refractivity (Wildman–Crippen MR) is 215 cm³/mol. The Morgan fingerprint density at radius 2 is 1.33 bits per heavy atom. The summed E-state index contributed by atoms with van der Waals surface area (Å²) in [6.45, 7) is 6.55. The first-order chi connectivity index (χ1) is 26.0. The van der Waals surface area contributed by atoms with Gasteiger partial charge >= 0.3 is 21.1 Å². The molecule has 0 aliphatic heterocycles. The van der Waals surface area contributed by atoms with Crippen LogP contribution in [0.15, 0.2) is 158 Å². The maximum Gasteiger partial charge on any atom is 2.00 e. The molecule has 0 aliphatic rings. The number of aromatic nitrogens is 4. The molecule has 3 aromatic heterocycles. The molecule has 0 N–H and O–H groups in total. The van der Waals surface area contributed by atoms with Crippen molar-refractivity contribution < 1.29 is 25.8 Å². The van der Waals surface area contributed by atoms with Crippen LogP contribution in [0, 0.1) is 19.1 Å². The summed E-state index contributed by atoms with van der Waals surface area (Å²) in [5.74, 6) is 2.41. The van der Waals surface area contributed by atoms with E-state index >= 15 is 0 Å². The van der Waals surface area contributed by atoms with Crippen LogP contribution in [0.5, 0.6) is 11.5 Å². The molecule has 0 amide bonds. The molecule has 5 nitrogen and oxygen atoms in total. The average Bonchev–Trinajstić information content (AvgIpc) is 3.82. The van der Waals surface area contributed by atoms with Crippen LogP contribution in [0.3, 0.4) is 0 Å². The molecule has 0 saturated carbocycles. The van der Waals surface area contributed by atoms with Crippen molar-refractivity contribution in [2.24, 2.45) is 0 Å². The van der Waals surface area contributed by atoms with Gasteiger partial charge in [0.15, 0.2) is 0 Å². The van der Waals surface area contributed by atoms with E-state index in [9.17, 15) is 0 Å². The van der Waals surface area contributed by atoms with E-state index in [0.717, 1.165) is 55.6 Å². The zero-order valence-corrected chi connectivity index (χ0v) is 32.4. The molecule has 6 heteroatoms. The van der Waals surface area contributed by atoms with E-state index in [1.807, 2.05) is 41.3 Å². The van der Waals surface area contributed by atoms with Gasteiger partial charge in [0.05, 0.1) is 6.20 Å². The second kappa shape index (κ2) is 14.8. The first kappa shape index (κ1) is 35.0. The standard InChI is InChI=1S/C48H36N4O.Pt/c1-32(2)36-23-24-49-47(27-36)52-45-20-11-10-19-41(45)42-22-21-40(29-46(42)52)53-39-18-12-17-38(28-39)51-31-37(30-50-51)48-43(34-13-6-4-7-14-34)25-33(3)26-44(48)35-15-8-5-9-16-35;/h4-27,30-32H,1-3H3;/q-2;+2. The quantitative estimate of drug-likeness (QED) is 0.143. The average molecular weight is 880 g/mol. The molecule has 9 aromatic rings. The van der Waals surface area contributed by atoms with Gasteiger partial charge in [-0.15, -0.1) is 35.7 Å². The Bertz CT molecular complexity index is 2690. The Balaban J connectivity index is 0.00000413. The van der Waals surface area contributed by atoms with Crippen molar-refractivity contribution >= 4 is 21.8 Å². The molecular formula is C48H36N4OPt. The van der Waals surface area contributed by atoms with Gasteiger partial charge in [-0.2, -0.15) is 17.2 Å². The minimum atomic E-state index is 0. The Hall–Kier alpha value is -6.03. The number of fused-ring (bicyclic) bond motifs is 3. The van der Waals surface area contributed by atoms with Crippen LogP contribution in [-0.2, 0) is 21.1 Å². The van der Waals surface area contributed by atoms with Crippen LogP contribution in [0.1, 0.15) is 30.9 Å². The van der Waals surface area contributed by atoms with Gasteiger partial charge in [-0.25, -0.2) is 4.98 Å². The third-order valence-electron chi connectivity index (χ3n) is 9.77. The molecule has 9 rings (SSSR count). The molecule has 0 spiro atoms. The van der Waals surface area contributed by atoms with E-state index < -0.39 is 0 Å². The Morgan fingerprint density at radius 1 is 0.648 bits per heavy atom. The van der Waals surface area contributed by atoms with Crippen LogP contribution in [0.4, 0.5) is 0 Å². The number of rotatable bonds is 8. The van der Waals surface area contributed by atoms with Gasteiger partial charge in [0.2, 0.25) is 0 Å². The number of para-hydroxylation sites is 1. The number of aryl methyl sites for hydroxylation is 1. The number of hydrogen-bond acceptors (Lipinski definition) is 3. The molecule has 0 saturated heterocycles. The van der Waals surface area contributed by atoms with Crippen molar-refractivity contribution in [2.75, 3.05) is 0 Å². The van der Waals surface area contributed by atoms with Crippen molar-refractivity contribution in [2.45, 2.75) is 26.7 Å². The fraction of sp³-hybridized carbons (Fsp3) is 0.0833. The number of ether oxygens (including phenoxy) is 1. The molecule has 0 fully saturated rings. The summed E-state index contributed by atoms with van der Waals surface area (Å²) in [4.78, 5) is 4.78. The summed E-state index contributed by atoms with van der Waals surface area (Å²) in [6, 6.07) is 55.3. The molecule has 6 aromatic carbocycles. The van der Waals surface area contributed by atoms with E-state index in [2.05, 4.69) is 159 Å². The van der Waals surface area contributed by atoms with Gasteiger partial charge in [-0.05, 0) is 75.5 Å². The number of nitrogens with zero attached hydrogens (tertiary/aromatic N) is 4. The molecule has 0 bridgehead atoms. The fourth-order valence-electron chi connectivity index (χ4n) is 7.21. The Labute approximate surface area is 329 Å². The van der Waals surface area contributed by atoms with Crippen LogP contribution in [-0.4, -0.2) is 19.3 Å². The zero-order valence-electron chi connectivity index (χ0n) is 30.1. The van der Waals surface area contributed by atoms with Gasteiger partial charge in [0, 0.05) is 40.5 Å². The summed E-state index contributed by atoms with van der Waals surface area (Å²) in [5, 5.41) is 7.08. The molecule has 264 valence electrons. The Kier molecular flexibility index (Phi) is 9.58. The van der Waals surface area contributed by atoms with Crippen LogP contribution >= 0.6 is 0 Å². The van der Waals surface area contributed by atoms with E-state index in [1.54, 1.807) is 0 Å². The topological polar surface area (TPSA) is 44.9 Å². The number of benzene rings is 6. The van der Waals surface area contributed by atoms with Gasteiger partial charge in [0.1, 0.15) is 5.82 Å². The van der Waals surface area contributed by atoms with Gasteiger partial charge in [-0.3, -0.25) is 4.68 Å². The summed E-state index contributed by atoms with van der Waals surface area (Å²) in [7, 11) is 0. The summed E-state index contributed by atoms with van der Waals surface area (Å²) < 4.78 is 10.5. The number of pyridine rings is 1. The molecule has 0 radical (unpaired) electrons. The van der Waals surface area contributed by atoms with Crippen molar-refractivity contribution in [1.82, 2.24) is 19.3 Å². The van der Waals surface area contributed by atoms with Crippen LogP contribution in [0.2, 0.25) is 0 Å². The predicted octanol–water partition coefficient (Wildman–Crippen LogP) is 12.2. The van der Waals surface area contributed by atoms with Gasteiger partial charge < -0.3 is 9.30 Å². The van der Waals surface area contributed by atoms with Gasteiger partial charge in [-0.1, -0.05) is 110 Å². The van der Waals surface area contributed by atoms with Gasteiger partial charge in [0.25, 0.3) is 0 Å². The van der Waals surface area contributed by atoms with Crippen LogP contribution < -0.4 is 4.74 Å². The molecule has 3 heterocycles. The van der Waals surface area contributed by atoms with E-state index in [1.165, 1.54) is 22.3 Å². The van der Waals surface area contributed by atoms with Crippen LogP contribution in [0.25, 0.3) is 66.7 Å². The third-order valence-corrected chi connectivity index (χ3v) is 9.77. The smallest absolute Gasteiger partial charge is 0.509 e. The second-order valence-corrected chi connectivity index (χ2v) is 13.7. The molecule has 0 aliphatic carbocycles. The molecule has 0 unspecified atom stereocenters. The van der Waals surface area contributed by atoms with Crippen molar-refractivity contribution in [3.63, 3.8) is 0 Å². The zero-order chi connectivity index (χ0) is 35.9. The maximum absolute atomic E-state index is 6.47.